The van der Waals surface area contributed by atoms with Gasteiger partial charge in [0.2, 0.25) is 0 Å². The third-order valence-corrected chi connectivity index (χ3v) is 2.55. The Morgan fingerprint density at radius 3 is 2.60 bits per heavy atom. The van der Waals surface area contributed by atoms with Crippen LogP contribution in [0.25, 0.3) is 0 Å². The van der Waals surface area contributed by atoms with Crippen molar-refractivity contribution in [1.82, 2.24) is 4.90 Å². The van der Waals surface area contributed by atoms with Crippen molar-refractivity contribution >= 4 is 5.84 Å². The number of hydrogen-bond acceptors (Lipinski definition) is 3. The molecule has 1 atom stereocenters. The Bertz CT molecular complexity index is 236. The number of methoxy groups -OCH3 is 1. The number of likely N-dealkylation sites (N-methyl/N-ethyl adjacent to an activating group) is 1. The minimum Gasteiger partial charge on any atom is -0.404 e. The first kappa shape index (κ1) is 14.0. The maximum atomic E-state index is 5.49. The lowest BCUT2D eigenvalue weighted by molar-refractivity contribution is 0.173. The van der Waals surface area contributed by atoms with Crippen LogP contribution in [0.2, 0.25) is 0 Å². The molecule has 4 nitrogen and oxygen atoms in total. The van der Waals surface area contributed by atoms with Crippen molar-refractivity contribution in [2.45, 2.75) is 26.3 Å². The molecule has 0 saturated heterocycles. The zero-order valence-electron chi connectivity index (χ0n) is 10.4. The van der Waals surface area contributed by atoms with Crippen LogP contribution in [0.1, 0.15) is 20.3 Å². The van der Waals surface area contributed by atoms with E-state index < -0.39 is 0 Å². The third-order valence-electron chi connectivity index (χ3n) is 2.55. The number of amidine groups is 1. The fourth-order valence-electron chi connectivity index (χ4n) is 1.38. The van der Waals surface area contributed by atoms with Crippen molar-refractivity contribution < 1.29 is 4.74 Å². The lowest BCUT2D eigenvalue weighted by atomic mass is 10.2. The van der Waals surface area contributed by atoms with Gasteiger partial charge in [-0.05, 0) is 20.3 Å². The van der Waals surface area contributed by atoms with E-state index in [9.17, 15) is 0 Å². The molecule has 0 aromatic heterocycles. The molecular weight excluding hydrogens is 190 g/mol. The van der Waals surface area contributed by atoms with E-state index in [4.69, 9.17) is 10.5 Å². The van der Waals surface area contributed by atoms with Gasteiger partial charge in [0.15, 0.2) is 0 Å². The highest BCUT2D eigenvalue weighted by atomic mass is 16.5. The molecule has 0 aliphatic heterocycles. The van der Waals surface area contributed by atoms with E-state index in [2.05, 4.69) is 16.8 Å². The highest BCUT2D eigenvalue weighted by molar-refractivity contribution is 5.97. The quantitative estimate of drug-likeness (QED) is 0.552. The minimum atomic E-state index is 0.388. The van der Waals surface area contributed by atoms with Crippen LogP contribution in [-0.4, -0.2) is 44.6 Å². The molecular formula is C11H23N3O. The molecule has 0 fully saturated rings. The van der Waals surface area contributed by atoms with Crippen molar-refractivity contribution in [3.63, 3.8) is 0 Å². The average Bonchev–Trinajstić information content (AvgIpc) is 2.26. The highest BCUT2D eigenvalue weighted by Crippen LogP contribution is 2.07. The second-order valence-corrected chi connectivity index (χ2v) is 3.64. The summed E-state index contributed by atoms with van der Waals surface area (Å²) in [5.74, 6) is 0.932. The molecule has 0 amide bonds. The minimum absolute atomic E-state index is 0.388. The third kappa shape index (κ3) is 4.34. The van der Waals surface area contributed by atoms with E-state index in [1.54, 1.807) is 20.4 Å². The first-order valence-electron chi connectivity index (χ1n) is 5.15. The lowest BCUT2D eigenvalue weighted by Gasteiger charge is -2.28. The highest BCUT2D eigenvalue weighted by Gasteiger charge is 2.14. The molecule has 0 aliphatic rings. The molecule has 0 rings (SSSR count). The molecule has 0 saturated carbocycles. The van der Waals surface area contributed by atoms with E-state index in [0.717, 1.165) is 24.4 Å². The van der Waals surface area contributed by atoms with Crippen LogP contribution in [0.15, 0.2) is 16.8 Å². The zero-order valence-corrected chi connectivity index (χ0v) is 10.4. The van der Waals surface area contributed by atoms with Gasteiger partial charge in [0, 0.05) is 45.6 Å². The largest absolute Gasteiger partial charge is 0.404 e. The summed E-state index contributed by atoms with van der Waals surface area (Å²) >= 11 is 0. The van der Waals surface area contributed by atoms with E-state index in [0.29, 0.717) is 6.04 Å². The van der Waals surface area contributed by atoms with Gasteiger partial charge in [-0.3, -0.25) is 4.99 Å². The average molecular weight is 213 g/mol. The molecule has 0 radical (unpaired) electrons. The van der Waals surface area contributed by atoms with Crippen LogP contribution in [0.5, 0.6) is 0 Å². The van der Waals surface area contributed by atoms with Crippen LogP contribution in [0, 0.1) is 0 Å². The zero-order chi connectivity index (χ0) is 11.8. The maximum Gasteiger partial charge on any atom is 0.127 e. The standard InChI is InChI=1S/C11H23N3O/c1-9(8-12)11(13-3)14(4)10(2)6-7-15-5/h8,10H,6-7,12H2,1-5H3/b9-8-,13-11?. The monoisotopic (exact) mass is 213 g/mol. The molecule has 88 valence electrons. The first-order valence-corrected chi connectivity index (χ1v) is 5.15. The van der Waals surface area contributed by atoms with E-state index >= 15 is 0 Å². The molecule has 0 spiro atoms. The van der Waals surface area contributed by atoms with Crippen LogP contribution < -0.4 is 5.73 Å². The first-order chi connectivity index (χ1) is 7.08. The Morgan fingerprint density at radius 2 is 2.20 bits per heavy atom. The van der Waals surface area contributed by atoms with Gasteiger partial charge in [0.05, 0.1) is 0 Å². The summed E-state index contributed by atoms with van der Waals surface area (Å²) in [6.07, 6.45) is 2.56. The summed E-state index contributed by atoms with van der Waals surface area (Å²) in [6, 6.07) is 0.388. The molecule has 0 bridgehead atoms. The van der Waals surface area contributed by atoms with Gasteiger partial charge in [-0.1, -0.05) is 0 Å². The van der Waals surface area contributed by atoms with E-state index in [-0.39, 0.29) is 0 Å². The second-order valence-electron chi connectivity index (χ2n) is 3.64. The van der Waals surface area contributed by atoms with Crippen molar-refractivity contribution in [2.75, 3.05) is 27.8 Å². The Labute approximate surface area is 92.8 Å². The van der Waals surface area contributed by atoms with Gasteiger partial charge in [-0.2, -0.15) is 0 Å². The summed E-state index contributed by atoms with van der Waals surface area (Å²) in [5.41, 5.74) is 6.48. The van der Waals surface area contributed by atoms with E-state index in [1.807, 2.05) is 14.0 Å². The fourth-order valence-corrected chi connectivity index (χ4v) is 1.38. The van der Waals surface area contributed by atoms with Gasteiger partial charge in [-0.25, -0.2) is 0 Å². The van der Waals surface area contributed by atoms with Crippen LogP contribution in [0.3, 0.4) is 0 Å². The van der Waals surface area contributed by atoms with Crippen LogP contribution >= 0.6 is 0 Å². The second kappa shape index (κ2) is 7.29. The molecule has 0 aliphatic carbocycles. The van der Waals surface area contributed by atoms with Gasteiger partial charge in [-0.15, -0.1) is 0 Å². The number of aliphatic imine (C=N–C) groups is 1. The number of nitrogens with two attached hydrogens (primary N) is 1. The predicted octanol–water partition coefficient (Wildman–Crippen LogP) is 1.23. The predicted molar refractivity (Wildman–Crippen MR) is 65.0 cm³/mol. The molecule has 2 N–H and O–H groups in total. The van der Waals surface area contributed by atoms with Gasteiger partial charge in [0.1, 0.15) is 5.84 Å². The number of ether oxygens (including phenoxy) is 1. The van der Waals surface area contributed by atoms with Gasteiger partial charge < -0.3 is 15.4 Å². The molecule has 4 heteroatoms. The van der Waals surface area contributed by atoms with Gasteiger partial charge in [0.25, 0.3) is 0 Å². The summed E-state index contributed by atoms with van der Waals surface area (Å²) in [4.78, 5) is 6.36. The lowest BCUT2D eigenvalue weighted by Crippen LogP contribution is -2.36. The Hall–Kier alpha value is -1.03. The SMILES string of the molecule is CN=C(/C(C)=C\N)N(C)C(C)CCOC. The number of rotatable bonds is 5. The normalized spacial score (nSPS) is 15.3. The van der Waals surface area contributed by atoms with Crippen molar-refractivity contribution in [3.8, 4) is 0 Å². The Morgan fingerprint density at radius 1 is 1.60 bits per heavy atom. The summed E-state index contributed by atoms with van der Waals surface area (Å²) in [5, 5.41) is 0. The molecule has 15 heavy (non-hydrogen) atoms. The Kier molecular flexibility index (Phi) is 6.79. The van der Waals surface area contributed by atoms with Gasteiger partial charge >= 0.3 is 0 Å². The van der Waals surface area contributed by atoms with Crippen LogP contribution in [0.4, 0.5) is 0 Å². The summed E-state index contributed by atoms with van der Waals surface area (Å²) < 4.78 is 5.06. The fraction of sp³-hybridized carbons (Fsp3) is 0.727. The van der Waals surface area contributed by atoms with Crippen molar-refractivity contribution in [1.29, 1.82) is 0 Å². The Balaban J connectivity index is 4.46. The molecule has 1 unspecified atom stereocenters. The molecule has 0 heterocycles. The van der Waals surface area contributed by atoms with E-state index in [1.165, 1.54) is 0 Å². The topological polar surface area (TPSA) is 50.8 Å². The van der Waals surface area contributed by atoms with Crippen molar-refractivity contribution in [3.05, 3.63) is 11.8 Å². The smallest absolute Gasteiger partial charge is 0.127 e. The van der Waals surface area contributed by atoms with Crippen LogP contribution in [-0.2, 0) is 4.74 Å². The number of hydrogen-bond donors (Lipinski definition) is 1. The van der Waals surface area contributed by atoms with Crippen molar-refractivity contribution in [2.24, 2.45) is 10.7 Å². The summed E-state index contributed by atoms with van der Waals surface area (Å²) in [6.45, 7) is 4.86. The number of nitrogens with zero attached hydrogens (tertiary/aromatic N) is 2. The molecule has 0 aromatic carbocycles. The maximum absolute atomic E-state index is 5.49. The molecule has 0 aromatic rings. The summed E-state index contributed by atoms with van der Waals surface area (Å²) in [7, 11) is 5.52.